The number of benzene rings is 1. The van der Waals surface area contributed by atoms with Gasteiger partial charge in [0, 0.05) is 56.4 Å². The number of aromatic nitrogens is 1. The third-order valence-electron chi connectivity index (χ3n) is 4.70. The highest BCUT2D eigenvalue weighted by Gasteiger charge is 2.31. The van der Waals surface area contributed by atoms with E-state index in [4.69, 9.17) is 0 Å². The molecule has 1 saturated heterocycles. The van der Waals surface area contributed by atoms with Crippen LogP contribution in [0.2, 0.25) is 0 Å². The largest absolute Gasteiger partial charge is 0.369 e. The Labute approximate surface area is 152 Å². The number of nitro benzene ring substituents is 1. The van der Waals surface area contributed by atoms with E-state index in [1.165, 1.54) is 10.4 Å². The van der Waals surface area contributed by atoms with E-state index in [9.17, 15) is 18.5 Å². The maximum absolute atomic E-state index is 13.1. The normalized spacial score (nSPS) is 15.8. The van der Waals surface area contributed by atoms with E-state index in [0.717, 1.165) is 11.8 Å². The lowest BCUT2D eigenvalue weighted by atomic mass is 10.1. The smallest absolute Gasteiger partial charge is 0.271 e. The maximum atomic E-state index is 13.1. The van der Waals surface area contributed by atoms with Crippen LogP contribution >= 0.6 is 0 Å². The second-order valence-corrected chi connectivity index (χ2v) is 8.15. The zero-order chi connectivity index (χ0) is 18.9. The average molecular weight is 376 g/mol. The van der Waals surface area contributed by atoms with Crippen molar-refractivity contribution in [3.05, 3.63) is 57.9 Å². The number of hydrogen-bond donors (Lipinski definition) is 0. The van der Waals surface area contributed by atoms with E-state index in [1.54, 1.807) is 26.2 Å². The predicted molar refractivity (Wildman–Crippen MR) is 97.8 cm³/mol. The molecule has 0 unspecified atom stereocenters. The van der Waals surface area contributed by atoms with Crippen LogP contribution in [0.25, 0.3) is 0 Å². The van der Waals surface area contributed by atoms with Gasteiger partial charge in [0.2, 0.25) is 10.0 Å². The molecule has 1 fully saturated rings. The Bertz CT molecular complexity index is 923. The lowest BCUT2D eigenvalue weighted by Gasteiger charge is -2.35. The van der Waals surface area contributed by atoms with Crippen LogP contribution in [0.15, 0.2) is 41.6 Å². The van der Waals surface area contributed by atoms with Crippen molar-refractivity contribution in [3.63, 3.8) is 0 Å². The van der Waals surface area contributed by atoms with Gasteiger partial charge in [0.1, 0.15) is 0 Å². The van der Waals surface area contributed by atoms with Crippen molar-refractivity contribution < 1.29 is 13.3 Å². The van der Waals surface area contributed by atoms with E-state index >= 15 is 0 Å². The summed E-state index contributed by atoms with van der Waals surface area (Å²) in [7, 11) is -3.79. The first kappa shape index (κ1) is 18.3. The molecule has 0 amide bonds. The Kier molecular flexibility index (Phi) is 4.92. The predicted octanol–water partition coefficient (Wildman–Crippen LogP) is 2.12. The van der Waals surface area contributed by atoms with Crippen LogP contribution in [0.3, 0.4) is 0 Å². The van der Waals surface area contributed by atoms with Gasteiger partial charge in [-0.05, 0) is 37.1 Å². The Morgan fingerprint density at radius 1 is 1.08 bits per heavy atom. The Morgan fingerprint density at radius 3 is 2.27 bits per heavy atom. The number of nitrogens with zero attached hydrogens (tertiary/aromatic N) is 4. The Balaban J connectivity index is 1.85. The Morgan fingerprint density at radius 2 is 1.69 bits per heavy atom. The van der Waals surface area contributed by atoms with Crippen LogP contribution in [0.4, 0.5) is 11.4 Å². The first-order chi connectivity index (χ1) is 12.3. The highest BCUT2D eigenvalue weighted by atomic mass is 32.2. The molecule has 0 atom stereocenters. The molecule has 1 aliphatic heterocycles. The summed E-state index contributed by atoms with van der Waals surface area (Å²) >= 11 is 0. The molecule has 0 saturated carbocycles. The first-order valence-electron chi connectivity index (χ1n) is 8.21. The lowest BCUT2D eigenvalue weighted by Crippen LogP contribution is -2.48. The number of piperazine rings is 1. The highest BCUT2D eigenvalue weighted by molar-refractivity contribution is 7.89. The van der Waals surface area contributed by atoms with Crippen molar-refractivity contribution in [2.24, 2.45) is 0 Å². The van der Waals surface area contributed by atoms with Crippen LogP contribution in [0, 0.1) is 24.0 Å². The summed E-state index contributed by atoms with van der Waals surface area (Å²) in [6.07, 6.45) is 3.40. The van der Waals surface area contributed by atoms with Crippen LogP contribution in [0.1, 0.15) is 11.1 Å². The fraction of sp³-hybridized carbons (Fsp3) is 0.353. The van der Waals surface area contributed by atoms with Crippen molar-refractivity contribution in [2.45, 2.75) is 18.7 Å². The van der Waals surface area contributed by atoms with Crippen LogP contribution in [-0.2, 0) is 10.0 Å². The fourth-order valence-corrected chi connectivity index (χ4v) is 4.80. The summed E-state index contributed by atoms with van der Waals surface area (Å²) < 4.78 is 27.5. The van der Waals surface area contributed by atoms with Gasteiger partial charge in [0.15, 0.2) is 0 Å². The minimum absolute atomic E-state index is 0.0153. The van der Waals surface area contributed by atoms with Crippen LogP contribution in [0.5, 0.6) is 0 Å². The standard InChI is InChI=1S/C17H20N4O4S/c1-13-11-16(21(22)23)12-17(14(13)2)26(24,25)20-9-7-19(8-10-20)15-3-5-18-6-4-15/h3-6,11-12H,7-10H2,1-2H3. The van der Waals surface area contributed by atoms with Gasteiger partial charge in [-0.15, -0.1) is 0 Å². The fourth-order valence-electron chi connectivity index (χ4n) is 3.06. The molecule has 1 aromatic carbocycles. The molecular formula is C17H20N4O4S. The van der Waals surface area contributed by atoms with Crippen molar-refractivity contribution >= 4 is 21.4 Å². The molecule has 26 heavy (non-hydrogen) atoms. The molecule has 2 heterocycles. The van der Waals surface area contributed by atoms with E-state index in [-0.39, 0.29) is 10.6 Å². The number of aryl methyl sites for hydroxylation is 1. The lowest BCUT2D eigenvalue weighted by molar-refractivity contribution is -0.385. The summed E-state index contributed by atoms with van der Waals surface area (Å²) in [4.78, 5) is 16.6. The monoisotopic (exact) mass is 376 g/mol. The third-order valence-corrected chi connectivity index (χ3v) is 6.72. The highest BCUT2D eigenvalue weighted by Crippen LogP contribution is 2.28. The summed E-state index contributed by atoms with van der Waals surface area (Å²) in [5, 5.41) is 11.1. The number of anilines is 1. The SMILES string of the molecule is Cc1cc([N+](=O)[O-])cc(S(=O)(=O)N2CCN(c3ccncc3)CC2)c1C. The maximum Gasteiger partial charge on any atom is 0.271 e. The topological polar surface area (TPSA) is 96.6 Å². The molecular weight excluding hydrogens is 356 g/mol. The second-order valence-electron chi connectivity index (χ2n) is 6.24. The van der Waals surface area contributed by atoms with E-state index in [1.807, 2.05) is 12.1 Å². The van der Waals surface area contributed by atoms with Gasteiger partial charge in [-0.2, -0.15) is 4.31 Å². The van der Waals surface area contributed by atoms with Crippen molar-refractivity contribution in [3.8, 4) is 0 Å². The minimum atomic E-state index is -3.79. The molecule has 8 nitrogen and oxygen atoms in total. The number of rotatable bonds is 4. The van der Waals surface area contributed by atoms with Crippen molar-refractivity contribution in [1.29, 1.82) is 0 Å². The van der Waals surface area contributed by atoms with E-state index in [2.05, 4.69) is 9.88 Å². The first-order valence-corrected chi connectivity index (χ1v) is 9.65. The number of nitro groups is 1. The molecule has 3 rings (SSSR count). The molecule has 138 valence electrons. The minimum Gasteiger partial charge on any atom is -0.369 e. The summed E-state index contributed by atoms with van der Waals surface area (Å²) in [6.45, 7) is 5.12. The molecule has 0 aliphatic carbocycles. The number of non-ortho nitro benzene ring substituents is 1. The van der Waals surface area contributed by atoms with Gasteiger partial charge in [0.05, 0.1) is 9.82 Å². The molecule has 0 spiro atoms. The molecule has 1 aromatic heterocycles. The van der Waals surface area contributed by atoms with Gasteiger partial charge < -0.3 is 4.90 Å². The number of hydrogen-bond acceptors (Lipinski definition) is 6. The van der Waals surface area contributed by atoms with Crippen LogP contribution in [-0.4, -0.2) is 48.8 Å². The Hall–Kier alpha value is -2.52. The summed E-state index contributed by atoms with van der Waals surface area (Å²) in [5.74, 6) is 0. The zero-order valence-electron chi connectivity index (χ0n) is 14.6. The molecule has 2 aromatic rings. The second kappa shape index (κ2) is 7.00. The summed E-state index contributed by atoms with van der Waals surface area (Å²) in [6, 6.07) is 6.33. The van der Waals surface area contributed by atoms with Gasteiger partial charge in [-0.25, -0.2) is 8.42 Å². The molecule has 9 heteroatoms. The van der Waals surface area contributed by atoms with Gasteiger partial charge in [0.25, 0.3) is 5.69 Å². The van der Waals surface area contributed by atoms with Crippen molar-refractivity contribution in [1.82, 2.24) is 9.29 Å². The third kappa shape index (κ3) is 3.40. The molecule has 1 aliphatic rings. The van der Waals surface area contributed by atoms with Gasteiger partial charge in [-0.3, -0.25) is 15.1 Å². The quantitative estimate of drug-likeness (QED) is 0.599. The summed E-state index contributed by atoms with van der Waals surface area (Å²) in [5.41, 5.74) is 1.93. The number of sulfonamides is 1. The average Bonchev–Trinajstić information content (AvgIpc) is 2.64. The molecule has 0 bridgehead atoms. The van der Waals surface area contributed by atoms with Gasteiger partial charge >= 0.3 is 0 Å². The molecule has 0 radical (unpaired) electrons. The van der Waals surface area contributed by atoms with Crippen molar-refractivity contribution in [2.75, 3.05) is 31.1 Å². The van der Waals surface area contributed by atoms with E-state index < -0.39 is 14.9 Å². The van der Waals surface area contributed by atoms with Crippen LogP contribution < -0.4 is 4.90 Å². The zero-order valence-corrected chi connectivity index (χ0v) is 15.4. The molecule has 0 N–H and O–H groups in total. The number of pyridine rings is 1. The van der Waals surface area contributed by atoms with E-state index in [0.29, 0.717) is 37.3 Å². The van der Waals surface area contributed by atoms with Gasteiger partial charge in [-0.1, -0.05) is 0 Å².